The maximum atomic E-state index is 13.3. The van der Waals surface area contributed by atoms with E-state index in [1.54, 1.807) is 6.07 Å². The van der Waals surface area contributed by atoms with E-state index in [9.17, 15) is 4.39 Å². The number of benzene rings is 1. The summed E-state index contributed by atoms with van der Waals surface area (Å²) in [7, 11) is 0. The highest BCUT2D eigenvalue weighted by Crippen LogP contribution is 2.31. The molecule has 1 aromatic carbocycles. The summed E-state index contributed by atoms with van der Waals surface area (Å²) in [6.07, 6.45) is 0. The Morgan fingerprint density at radius 2 is 2.31 bits per heavy atom. The van der Waals surface area contributed by atoms with Crippen molar-refractivity contribution < 1.29 is 4.39 Å². The summed E-state index contributed by atoms with van der Waals surface area (Å²) in [4.78, 5) is 0. The first-order valence-electron chi connectivity index (χ1n) is 3.74. The first kappa shape index (κ1) is 10.8. The van der Waals surface area contributed by atoms with Crippen LogP contribution >= 0.6 is 34.2 Å². The van der Waals surface area contributed by atoms with Crippen LogP contribution in [0.15, 0.2) is 6.07 Å². The molecule has 72 valence electrons. The highest BCUT2D eigenvalue weighted by molar-refractivity contribution is 14.1. The Morgan fingerprint density at radius 1 is 1.69 bits per heavy atom. The Kier molecular flexibility index (Phi) is 3.61. The van der Waals surface area contributed by atoms with Gasteiger partial charge in [-0.3, -0.25) is 0 Å². The minimum atomic E-state index is -0.455. The molecule has 0 aliphatic heterocycles. The molecule has 1 aromatic rings. The highest BCUT2D eigenvalue weighted by atomic mass is 127. The predicted octanol–water partition coefficient (Wildman–Crippen LogP) is 3.10. The van der Waals surface area contributed by atoms with Crippen LogP contribution in [0.2, 0.25) is 5.02 Å². The van der Waals surface area contributed by atoms with Crippen LogP contribution < -0.4 is 11.1 Å². The molecule has 13 heavy (non-hydrogen) atoms. The van der Waals surface area contributed by atoms with E-state index in [-0.39, 0.29) is 5.69 Å². The lowest BCUT2D eigenvalue weighted by Gasteiger charge is -2.10. The van der Waals surface area contributed by atoms with Crippen molar-refractivity contribution in [1.29, 1.82) is 0 Å². The van der Waals surface area contributed by atoms with Gasteiger partial charge in [-0.1, -0.05) is 11.6 Å². The third-order valence-electron chi connectivity index (χ3n) is 1.57. The molecule has 0 atom stereocenters. The highest BCUT2D eigenvalue weighted by Gasteiger charge is 2.12. The van der Waals surface area contributed by atoms with Gasteiger partial charge in [0.1, 0.15) is 0 Å². The second-order valence-corrected chi connectivity index (χ2v) is 3.96. The van der Waals surface area contributed by atoms with Crippen molar-refractivity contribution in [2.24, 2.45) is 0 Å². The Balaban J connectivity index is 3.24. The molecule has 0 aromatic heterocycles. The van der Waals surface area contributed by atoms with E-state index in [0.717, 1.165) is 0 Å². The van der Waals surface area contributed by atoms with Gasteiger partial charge < -0.3 is 11.1 Å². The fourth-order valence-corrected chi connectivity index (χ4v) is 1.58. The van der Waals surface area contributed by atoms with Gasteiger partial charge >= 0.3 is 0 Å². The lowest BCUT2D eigenvalue weighted by atomic mass is 10.2. The predicted molar refractivity (Wildman–Crippen MR) is 62.7 cm³/mol. The van der Waals surface area contributed by atoms with Gasteiger partial charge in [-0.2, -0.15) is 0 Å². The first-order chi connectivity index (χ1) is 6.07. The average molecular weight is 315 g/mol. The third-order valence-corrected chi connectivity index (χ3v) is 3.24. The Bertz CT molecular complexity index is 330. The molecular formula is C8H9ClFIN2. The van der Waals surface area contributed by atoms with Crippen LogP contribution in [0, 0.1) is 9.39 Å². The van der Waals surface area contributed by atoms with Crippen LogP contribution in [0.5, 0.6) is 0 Å². The molecule has 0 bridgehead atoms. The molecule has 5 heteroatoms. The molecule has 0 amide bonds. The molecule has 0 unspecified atom stereocenters. The van der Waals surface area contributed by atoms with Gasteiger partial charge in [-0.05, 0) is 35.6 Å². The topological polar surface area (TPSA) is 38.0 Å². The monoisotopic (exact) mass is 314 g/mol. The summed E-state index contributed by atoms with van der Waals surface area (Å²) >= 11 is 7.61. The second kappa shape index (κ2) is 4.32. The summed E-state index contributed by atoms with van der Waals surface area (Å²) in [5.74, 6) is -0.455. The standard InChI is InChI=1S/C8H9ClFIN2/c1-2-13-5-3-4(9)7(11)6(10)8(5)12/h3,13H,2,12H2,1H3. The fraction of sp³-hybridized carbons (Fsp3) is 0.250. The van der Waals surface area contributed by atoms with Gasteiger partial charge in [0.2, 0.25) is 0 Å². The molecule has 0 spiro atoms. The summed E-state index contributed by atoms with van der Waals surface area (Å²) in [6, 6.07) is 1.63. The Morgan fingerprint density at radius 3 is 2.85 bits per heavy atom. The number of hydrogen-bond donors (Lipinski definition) is 2. The van der Waals surface area contributed by atoms with E-state index in [0.29, 0.717) is 20.8 Å². The number of halogens is 3. The Hall–Kier alpha value is -0.230. The van der Waals surface area contributed by atoms with Crippen LogP contribution in [-0.4, -0.2) is 6.54 Å². The molecule has 0 fully saturated rings. The molecule has 0 heterocycles. The maximum Gasteiger partial charge on any atom is 0.163 e. The van der Waals surface area contributed by atoms with Gasteiger partial charge in [-0.25, -0.2) is 4.39 Å². The molecule has 1 rings (SSSR count). The van der Waals surface area contributed by atoms with E-state index in [4.69, 9.17) is 17.3 Å². The van der Waals surface area contributed by atoms with E-state index in [2.05, 4.69) is 5.32 Å². The molecule has 0 aliphatic rings. The Labute approximate surface area is 94.8 Å². The largest absolute Gasteiger partial charge is 0.395 e. The van der Waals surface area contributed by atoms with E-state index >= 15 is 0 Å². The van der Waals surface area contributed by atoms with Gasteiger partial charge in [0, 0.05) is 6.54 Å². The quantitative estimate of drug-likeness (QED) is 0.500. The number of nitrogens with two attached hydrogens (primary N) is 1. The second-order valence-electron chi connectivity index (χ2n) is 2.48. The summed E-state index contributed by atoms with van der Waals surface area (Å²) in [5.41, 5.74) is 6.21. The van der Waals surface area contributed by atoms with Crippen molar-refractivity contribution in [1.82, 2.24) is 0 Å². The lowest BCUT2D eigenvalue weighted by Crippen LogP contribution is -2.04. The van der Waals surface area contributed by atoms with Gasteiger partial charge in [-0.15, -0.1) is 0 Å². The van der Waals surface area contributed by atoms with Crippen molar-refractivity contribution in [2.45, 2.75) is 6.92 Å². The van der Waals surface area contributed by atoms with Crippen LogP contribution in [-0.2, 0) is 0 Å². The molecule has 0 radical (unpaired) electrons. The molecule has 0 saturated carbocycles. The number of hydrogen-bond acceptors (Lipinski definition) is 2. The lowest BCUT2D eigenvalue weighted by molar-refractivity contribution is 0.625. The van der Waals surface area contributed by atoms with Crippen LogP contribution in [0.25, 0.3) is 0 Å². The van der Waals surface area contributed by atoms with Gasteiger partial charge in [0.25, 0.3) is 0 Å². The third kappa shape index (κ3) is 2.17. The van der Waals surface area contributed by atoms with Gasteiger partial charge in [0.05, 0.1) is 20.0 Å². The molecule has 2 nitrogen and oxygen atoms in total. The minimum Gasteiger partial charge on any atom is -0.395 e. The van der Waals surface area contributed by atoms with Crippen molar-refractivity contribution in [3.05, 3.63) is 20.5 Å². The van der Waals surface area contributed by atoms with Crippen molar-refractivity contribution in [3.8, 4) is 0 Å². The van der Waals surface area contributed by atoms with Crippen molar-refractivity contribution in [2.75, 3.05) is 17.6 Å². The number of rotatable bonds is 2. The molecule has 3 N–H and O–H groups in total. The SMILES string of the molecule is CCNc1cc(Cl)c(I)c(F)c1N. The molecule has 0 saturated heterocycles. The van der Waals surface area contributed by atoms with Crippen LogP contribution in [0.4, 0.5) is 15.8 Å². The van der Waals surface area contributed by atoms with Crippen molar-refractivity contribution >= 4 is 45.6 Å². The number of nitrogens with one attached hydrogen (secondary N) is 1. The fourth-order valence-electron chi connectivity index (χ4n) is 0.946. The van der Waals surface area contributed by atoms with E-state index < -0.39 is 5.82 Å². The smallest absolute Gasteiger partial charge is 0.163 e. The zero-order valence-electron chi connectivity index (χ0n) is 7.00. The first-order valence-corrected chi connectivity index (χ1v) is 5.20. The van der Waals surface area contributed by atoms with E-state index in [1.807, 2.05) is 29.5 Å². The van der Waals surface area contributed by atoms with E-state index in [1.165, 1.54) is 0 Å². The molecule has 0 aliphatic carbocycles. The molecular weight excluding hydrogens is 305 g/mol. The van der Waals surface area contributed by atoms with Crippen molar-refractivity contribution in [3.63, 3.8) is 0 Å². The maximum absolute atomic E-state index is 13.3. The average Bonchev–Trinajstić information content (AvgIpc) is 2.11. The van der Waals surface area contributed by atoms with Gasteiger partial charge in [0.15, 0.2) is 5.82 Å². The summed E-state index contributed by atoms with van der Waals surface area (Å²) in [6.45, 7) is 2.59. The summed E-state index contributed by atoms with van der Waals surface area (Å²) in [5, 5.41) is 3.31. The van der Waals surface area contributed by atoms with Crippen LogP contribution in [0.1, 0.15) is 6.92 Å². The minimum absolute atomic E-state index is 0.121. The number of anilines is 2. The summed E-state index contributed by atoms with van der Waals surface area (Å²) < 4.78 is 13.7. The normalized spacial score (nSPS) is 10.2. The van der Waals surface area contributed by atoms with Crippen LogP contribution in [0.3, 0.4) is 0 Å². The zero-order chi connectivity index (χ0) is 10.0. The zero-order valence-corrected chi connectivity index (χ0v) is 9.91. The number of nitrogen functional groups attached to an aromatic ring is 1.